The van der Waals surface area contributed by atoms with E-state index in [4.69, 9.17) is 9.16 Å². The van der Waals surface area contributed by atoms with Gasteiger partial charge < -0.3 is 9.16 Å². The van der Waals surface area contributed by atoms with Crippen LogP contribution in [0.4, 0.5) is 0 Å². The van der Waals surface area contributed by atoms with Crippen molar-refractivity contribution >= 4 is 14.3 Å². The summed E-state index contributed by atoms with van der Waals surface area (Å²) in [5.74, 6) is 0.711. The quantitative estimate of drug-likeness (QED) is 0.311. The van der Waals surface area contributed by atoms with Crippen LogP contribution in [0.25, 0.3) is 0 Å². The molecule has 3 nitrogen and oxygen atoms in total. The highest BCUT2D eigenvalue weighted by molar-refractivity contribution is 6.74. The monoisotopic (exact) mass is 398 g/mol. The molecular weight excluding hydrogens is 352 g/mol. The molecule has 160 valence electrons. The summed E-state index contributed by atoms with van der Waals surface area (Å²) in [7, 11) is -1.85. The molecule has 27 heavy (non-hydrogen) atoms. The predicted octanol–water partition coefficient (Wildman–Crippen LogP) is 6.96. The topological polar surface area (TPSA) is 35.5 Å². The Labute approximate surface area is 170 Å². The van der Waals surface area contributed by atoms with Crippen LogP contribution >= 0.6 is 0 Å². The van der Waals surface area contributed by atoms with E-state index in [9.17, 15) is 4.79 Å². The number of hydrogen-bond acceptors (Lipinski definition) is 3. The van der Waals surface area contributed by atoms with Crippen LogP contribution in [0.3, 0.4) is 0 Å². The van der Waals surface area contributed by atoms with Crippen LogP contribution in [0.5, 0.6) is 0 Å². The summed E-state index contributed by atoms with van der Waals surface area (Å²) in [6.07, 6.45) is 8.19. The van der Waals surface area contributed by atoms with Crippen LogP contribution in [0.1, 0.15) is 93.4 Å². The molecular formula is C23H46O3Si. The first-order chi connectivity index (χ1) is 12.3. The highest BCUT2D eigenvalue weighted by Gasteiger charge is 2.46. The minimum absolute atomic E-state index is 0.0598. The lowest BCUT2D eigenvalue weighted by molar-refractivity contribution is -0.145. The van der Waals surface area contributed by atoms with Gasteiger partial charge >= 0.3 is 5.97 Å². The van der Waals surface area contributed by atoms with Gasteiger partial charge in [0.15, 0.2) is 8.32 Å². The van der Waals surface area contributed by atoms with Crippen LogP contribution in [0.15, 0.2) is 0 Å². The van der Waals surface area contributed by atoms with E-state index in [2.05, 4.69) is 54.6 Å². The van der Waals surface area contributed by atoms with Crippen molar-refractivity contribution in [1.82, 2.24) is 0 Å². The third-order valence-corrected chi connectivity index (χ3v) is 11.7. The van der Waals surface area contributed by atoms with Crippen LogP contribution in [-0.2, 0) is 14.0 Å². The average Bonchev–Trinajstić information content (AvgIpc) is 2.51. The third-order valence-electron chi connectivity index (χ3n) is 7.16. The van der Waals surface area contributed by atoms with E-state index in [1.165, 1.54) is 32.1 Å². The highest BCUT2D eigenvalue weighted by Crippen LogP contribution is 2.48. The Morgan fingerprint density at radius 3 is 2.41 bits per heavy atom. The van der Waals surface area contributed by atoms with Crippen molar-refractivity contribution in [2.75, 3.05) is 6.61 Å². The lowest BCUT2D eigenvalue weighted by Gasteiger charge is -2.49. The van der Waals surface area contributed by atoms with Gasteiger partial charge in [-0.1, -0.05) is 54.4 Å². The molecule has 4 unspecified atom stereocenters. The van der Waals surface area contributed by atoms with E-state index in [1.54, 1.807) is 0 Å². The minimum atomic E-state index is -1.85. The van der Waals surface area contributed by atoms with Crippen molar-refractivity contribution in [2.24, 2.45) is 17.3 Å². The van der Waals surface area contributed by atoms with E-state index < -0.39 is 8.32 Å². The molecule has 1 aliphatic rings. The highest BCUT2D eigenvalue weighted by atomic mass is 28.4. The second-order valence-corrected chi connectivity index (χ2v) is 15.5. The first-order valence-electron chi connectivity index (χ1n) is 11.2. The summed E-state index contributed by atoms with van der Waals surface area (Å²) in [6.45, 7) is 21.0. The molecule has 0 radical (unpaired) electrons. The predicted molar refractivity (Wildman–Crippen MR) is 117 cm³/mol. The minimum Gasteiger partial charge on any atom is -0.466 e. The molecule has 0 heterocycles. The van der Waals surface area contributed by atoms with Crippen molar-refractivity contribution in [1.29, 1.82) is 0 Å². The fourth-order valence-electron chi connectivity index (χ4n) is 4.24. The molecule has 0 bridgehead atoms. The van der Waals surface area contributed by atoms with Gasteiger partial charge in [-0.2, -0.15) is 0 Å². The molecule has 1 aliphatic carbocycles. The summed E-state index contributed by atoms with van der Waals surface area (Å²) in [4.78, 5) is 12.1. The van der Waals surface area contributed by atoms with Crippen LogP contribution in [0.2, 0.25) is 18.1 Å². The second-order valence-electron chi connectivity index (χ2n) is 10.7. The van der Waals surface area contributed by atoms with Gasteiger partial charge in [0.1, 0.15) is 0 Å². The van der Waals surface area contributed by atoms with Crippen molar-refractivity contribution in [2.45, 2.75) is 118 Å². The molecule has 0 aromatic rings. The van der Waals surface area contributed by atoms with Crippen molar-refractivity contribution in [3.8, 4) is 0 Å². The van der Waals surface area contributed by atoms with Gasteiger partial charge in [-0.3, -0.25) is 4.79 Å². The van der Waals surface area contributed by atoms with Crippen LogP contribution < -0.4 is 0 Å². The molecule has 0 aromatic heterocycles. The lowest BCUT2D eigenvalue weighted by atomic mass is 9.65. The van der Waals surface area contributed by atoms with Gasteiger partial charge in [-0.15, -0.1) is 0 Å². The van der Waals surface area contributed by atoms with E-state index in [1.807, 2.05) is 6.92 Å². The number of hydrogen-bond donors (Lipinski definition) is 0. The zero-order valence-electron chi connectivity index (χ0n) is 19.6. The van der Waals surface area contributed by atoms with Gasteiger partial charge in [0.05, 0.1) is 6.61 Å². The Bertz CT molecular complexity index is 469. The van der Waals surface area contributed by atoms with Crippen LogP contribution in [-0.4, -0.2) is 27.0 Å². The molecule has 0 amide bonds. The number of carbonyl (C=O) groups is 1. The second kappa shape index (κ2) is 9.91. The maximum Gasteiger partial charge on any atom is 0.306 e. The molecule has 1 rings (SSSR count). The maximum absolute atomic E-state index is 12.1. The molecule has 4 atom stereocenters. The molecule has 0 aromatic carbocycles. The van der Waals surface area contributed by atoms with Gasteiger partial charge in [0.25, 0.3) is 0 Å². The van der Waals surface area contributed by atoms with Crippen molar-refractivity contribution in [3.63, 3.8) is 0 Å². The lowest BCUT2D eigenvalue weighted by Crippen LogP contribution is -2.50. The molecule has 1 saturated carbocycles. The Morgan fingerprint density at radius 2 is 1.89 bits per heavy atom. The first-order valence-corrected chi connectivity index (χ1v) is 14.1. The van der Waals surface area contributed by atoms with Crippen molar-refractivity contribution in [3.05, 3.63) is 0 Å². The Balaban J connectivity index is 2.97. The normalized spacial score (nSPS) is 28.0. The fraction of sp³-hybridized carbons (Fsp3) is 0.957. The van der Waals surface area contributed by atoms with Gasteiger partial charge in [0.2, 0.25) is 0 Å². The Morgan fingerprint density at radius 1 is 1.26 bits per heavy atom. The van der Waals surface area contributed by atoms with E-state index >= 15 is 0 Å². The largest absolute Gasteiger partial charge is 0.466 e. The SMILES string of the molecule is CCCCC1(C)CCC(C(C)CC(=O)OCC)C(O[Si](C)(C)C(C)(C)C)C1. The first kappa shape index (κ1) is 24.7. The fourth-order valence-corrected chi connectivity index (χ4v) is 5.61. The molecule has 0 spiro atoms. The number of carbonyl (C=O) groups excluding carboxylic acids is 1. The smallest absolute Gasteiger partial charge is 0.306 e. The molecule has 0 aliphatic heterocycles. The molecule has 4 heteroatoms. The zero-order chi connectivity index (χ0) is 20.9. The van der Waals surface area contributed by atoms with E-state index in [0.29, 0.717) is 30.3 Å². The molecule has 1 fully saturated rings. The Hall–Kier alpha value is -0.353. The van der Waals surface area contributed by atoms with Gasteiger partial charge in [-0.05, 0) is 68.0 Å². The van der Waals surface area contributed by atoms with Gasteiger partial charge in [-0.25, -0.2) is 0 Å². The average molecular weight is 399 g/mol. The Kier molecular flexibility index (Phi) is 9.06. The summed E-state index contributed by atoms with van der Waals surface area (Å²) < 4.78 is 12.2. The summed E-state index contributed by atoms with van der Waals surface area (Å²) in [5, 5.41) is 0.208. The van der Waals surface area contributed by atoms with E-state index in [0.717, 1.165) is 6.42 Å². The maximum atomic E-state index is 12.1. The zero-order valence-corrected chi connectivity index (χ0v) is 20.6. The number of esters is 1. The van der Waals surface area contributed by atoms with E-state index in [-0.39, 0.29) is 17.1 Å². The standard InChI is InChI=1S/C23H46O3Si/c1-10-12-14-23(7)15-13-19(18(3)16-21(24)25-11-2)20(17-23)26-27(8,9)22(4,5)6/h18-20H,10-17H2,1-9H3. The van der Waals surface area contributed by atoms with Crippen molar-refractivity contribution < 1.29 is 14.0 Å². The van der Waals surface area contributed by atoms with Gasteiger partial charge in [0, 0.05) is 12.5 Å². The number of ether oxygens (including phenoxy) is 1. The molecule has 0 saturated heterocycles. The summed E-state index contributed by atoms with van der Waals surface area (Å²) in [6, 6.07) is 0. The number of rotatable bonds is 9. The molecule has 0 N–H and O–H groups in total. The summed E-state index contributed by atoms with van der Waals surface area (Å²) in [5.41, 5.74) is 0.378. The van der Waals surface area contributed by atoms with Crippen LogP contribution in [0, 0.1) is 17.3 Å². The third kappa shape index (κ3) is 7.19. The summed E-state index contributed by atoms with van der Waals surface area (Å²) >= 11 is 0. The number of unbranched alkanes of at least 4 members (excludes halogenated alkanes) is 1.